The molecule has 0 fully saturated rings. The van der Waals surface area contributed by atoms with Gasteiger partial charge >= 0.3 is 36.4 Å². The Kier molecular flexibility index (Phi) is 39.7. The van der Waals surface area contributed by atoms with Crippen LogP contribution in [-0.2, 0) is 72.5 Å². The van der Waals surface area contributed by atoms with E-state index < -0.39 is 122 Å². The Hall–Kier alpha value is -5.38. The molecule has 0 aliphatic rings. The fourth-order valence-corrected chi connectivity index (χ4v) is 16.5. The number of ketones is 1. The van der Waals surface area contributed by atoms with Crippen LogP contribution in [0.1, 0.15) is 210 Å². The van der Waals surface area contributed by atoms with Gasteiger partial charge in [0.15, 0.2) is 25.5 Å². The van der Waals surface area contributed by atoms with Crippen LogP contribution >= 0.6 is 80.8 Å². The Morgan fingerprint density at radius 3 is 0.981 bits per heavy atom. The second kappa shape index (κ2) is 41.8. The van der Waals surface area contributed by atoms with E-state index in [2.05, 4.69) is 4.72 Å². The minimum atomic E-state index is -4.53. The molecule has 4 aromatic heterocycles. The van der Waals surface area contributed by atoms with E-state index in [1.54, 1.807) is 65.0 Å². The highest BCUT2D eigenvalue weighted by atomic mass is 35.7. The first kappa shape index (κ1) is 102. The number of carbonyl (C=O) groups is 4. The zero-order chi connectivity index (χ0) is 81.2. The van der Waals surface area contributed by atoms with E-state index in [9.17, 15) is 88.2 Å². The van der Waals surface area contributed by atoms with Crippen molar-refractivity contribution >= 4 is 144 Å². The number of hydrogen-bond donors (Lipinski definition) is 4. The number of benzene rings is 3. The van der Waals surface area contributed by atoms with Gasteiger partial charge in [0.05, 0.1) is 69.5 Å². The zero-order valence-corrected chi connectivity index (χ0v) is 69.9. The number of alkyl halides is 9. The average Bonchev–Trinajstić information content (AvgIpc) is 1.08. The summed E-state index contributed by atoms with van der Waals surface area (Å²) in [5.74, 6) is -3.00. The molecule has 4 heterocycles. The Morgan fingerprint density at radius 1 is 0.458 bits per heavy atom. The summed E-state index contributed by atoms with van der Waals surface area (Å²) in [7, 11) is -6.76. The highest BCUT2D eigenvalue weighted by molar-refractivity contribution is 8.13. The number of hydrogen-bond acceptors (Lipinski definition) is 21. The maximum absolute atomic E-state index is 12.6. The summed E-state index contributed by atoms with van der Waals surface area (Å²) in [6, 6.07) is 23.3. The Bertz CT molecular complexity index is 4360. The van der Waals surface area contributed by atoms with Crippen LogP contribution < -0.4 is 10.5 Å². The average molecular weight is 1740 g/mol. The smallest absolute Gasteiger partial charge is 0.416 e. The summed E-state index contributed by atoms with van der Waals surface area (Å²) in [4.78, 5) is 51.6. The first-order chi connectivity index (χ1) is 47.6. The van der Waals surface area contributed by atoms with Crippen molar-refractivity contribution in [3.05, 3.63) is 177 Å². The first-order valence-corrected chi connectivity index (χ1v) is 41.2. The van der Waals surface area contributed by atoms with E-state index in [1.807, 2.05) is 88.3 Å². The monoisotopic (exact) mass is 1730 g/mol. The lowest BCUT2D eigenvalue weighted by molar-refractivity contribution is -0.138. The van der Waals surface area contributed by atoms with Crippen LogP contribution in [0.25, 0.3) is 0 Å². The molecule has 0 bridgehead atoms. The Balaban J connectivity index is 0.00000133. The second-order valence-corrected chi connectivity index (χ2v) is 39.9. The number of rotatable bonds is 18. The second-order valence-electron chi connectivity index (χ2n) is 26.8. The molecule has 7 rings (SSSR count). The molecule has 3 aromatic carbocycles. The molecule has 602 valence electrons. The molecule has 18 nitrogen and oxygen atoms in total. The summed E-state index contributed by atoms with van der Waals surface area (Å²) < 4.78 is 214. The van der Waals surface area contributed by atoms with E-state index in [0.717, 1.165) is 100 Å². The molecule has 0 spiro atoms. The molecule has 38 heteroatoms. The molecule has 0 amide bonds. The van der Waals surface area contributed by atoms with Gasteiger partial charge in [-0.05, 0) is 218 Å². The number of halogens is 12. The topological polar surface area (TPSA) is 294 Å². The Labute approximate surface area is 654 Å². The van der Waals surface area contributed by atoms with E-state index in [0.29, 0.717) is 41.4 Å². The molecule has 5 atom stereocenters. The number of aliphatic hydroxyl groups is 2. The molecular formula is C69H88Cl3F9N2O16S8. The first-order valence-electron chi connectivity index (χ1n) is 31.2. The van der Waals surface area contributed by atoms with Gasteiger partial charge in [0, 0.05) is 55.2 Å². The molecule has 0 saturated heterocycles. The number of thiophene rings is 4. The van der Waals surface area contributed by atoms with E-state index >= 15 is 0 Å². The van der Waals surface area contributed by atoms with Crippen molar-refractivity contribution in [3.63, 3.8) is 0 Å². The van der Waals surface area contributed by atoms with Crippen molar-refractivity contribution in [2.45, 2.75) is 189 Å². The van der Waals surface area contributed by atoms with Crippen molar-refractivity contribution in [1.82, 2.24) is 4.72 Å². The van der Waals surface area contributed by atoms with Gasteiger partial charge in [-0.1, -0.05) is 13.8 Å². The van der Waals surface area contributed by atoms with Crippen LogP contribution in [0.2, 0.25) is 0 Å². The van der Waals surface area contributed by atoms with Crippen LogP contribution in [0.5, 0.6) is 0 Å². The third-order valence-electron chi connectivity index (χ3n) is 12.9. The number of nitrogens with one attached hydrogen (secondary N) is 1. The third-order valence-corrected chi connectivity index (χ3v) is 25.0. The fourth-order valence-electron chi connectivity index (χ4n) is 7.88. The minimum absolute atomic E-state index is 0. The summed E-state index contributed by atoms with van der Waals surface area (Å²) in [5, 5.41) is 15.8. The maximum Gasteiger partial charge on any atom is 0.416 e. The lowest BCUT2D eigenvalue weighted by Gasteiger charge is -2.21. The number of carbonyl (C=O) groups excluding carboxylic acids is 4. The van der Waals surface area contributed by atoms with Crippen molar-refractivity contribution in [3.8, 4) is 0 Å². The van der Waals surface area contributed by atoms with Gasteiger partial charge in [0.1, 0.15) is 38.0 Å². The number of Topliss-reactive ketones (excluding diaryl/α,β-unsaturated/α-hetero) is 1. The van der Waals surface area contributed by atoms with Crippen molar-refractivity contribution < 1.29 is 113 Å². The number of nitrogens with two attached hydrogens (primary N) is 1. The lowest BCUT2D eigenvalue weighted by atomic mass is 10.2. The highest BCUT2D eigenvalue weighted by Gasteiger charge is 2.34. The molecule has 7 aromatic rings. The van der Waals surface area contributed by atoms with E-state index in [4.69, 9.17) is 40.8 Å². The quantitative estimate of drug-likeness (QED) is 0.0204. The number of esters is 3. The van der Waals surface area contributed by atoms with Gasteiger partial charge in [-0.3, -0.25) is 4.79 Å². The maximum atomic E-state index is 12.6. The van der Waals surface area contributed by atoms with Gasteiger partial charge in [-0.25, -0.2) is 48.6 Å². The molecule has 107 heavy (non-hydrogen) atoms. The van der Waals surface area contributed by atoms with Crippen LogP contribution in [-0.4, -0.2) is 110 Å². The molecule has 0 radical (unpaired) electrons. The van der Waals surface area contributed by atoms with Gasteiger partial charge in [0.25, 0.3) is 9.05 Å². The molecule has 5 N–H and O–H groups in total. The Morgan fingerprint density at radius 2 is 0.720 bits per heavy atom. The van der Waals surface area contributed by atoms with Crippen molar-refractivity contribution in [2.75, 3.05) is 25.2 Å². The van der Waals surface area contributed by atoms with Gasteiger partial charge in [-0.2, -0.15) is 39.5 Å². The van der Waals surface area contributed by atoms with E-state index in [-0.39, 0.29) is 79.8 Å². The molecule has 0 aliphatic carbocycles. The van der Waals surface area contributed by atoms with Crippen molar-refractivity contribution in [1.29, 1.82) is 0 Å². The zero-order valence-electron chi connectivity index (χ0n) is 61.0. The van der Waals surface area contributed by atoms with Crippen LogP contribution in [0.4, 0.5) is 39.5 Å². The van der Waals surface area contributed by atoms with Gasteiger partial charge in [-0.15, -0.1) is 70.2 Å². The SMILES string of the molecule is CO.C[C@@H](CS(=O)(=O)c1ccc(C(F)(F)F)cc1)c1ccc(C(=O)CO)s1.C[C@@H](CS(=O)(=O)c1ccc(C(F)(F)F)cc1)c1ccc(C(=O)OC(C)(C)C)s1.C[C@@H](N)c1ccc(C(=O)OC(C)(C)C)s1.C[C@@H](N[S@@](=O)C(C)(C)C)c1ccc(C(=O)OC(C)(C)C)s1.Cl.Cl.O=S(=O)(Cl)c1ccc(C(F)(F)F)cc1. The summed E-state index contributed by atoms with van der Waals surface area (Å²) in [6.45, 7) is 28.6. The number of aliphatic hydroxyl groups excluding tert-OH is 2. The molecule has 0 saturated carbocycles. The number of sulfone groups is 2. The summed E-state index contributed by atoms with van der Waals surface area (Å²) in [5.41, 5.74) is 1.39. The molecule has 0 unspecified atom stereocenters. The van der Waals surface area contributed by atoms with Gasteiger partial charge in [0.2, 0.25) is 0 Å². The summed E-state index contributed by atoms with van der Waals surface area (Å²) >= 11 is 5.00. The van der Waals surface area contributed by atoms with Gasteiger partial charge < -0.3 is 30.2 Å². The fraction of sp³-hybridized carbons (Fsp3) is 0.449. The third kappa shape index (κ3) is 35.7. The summed E-state index contributed by atoms with van der Waals surface area (Å²) in [6.07, 6.45) is -13.5. The lowest BCUT2D eigenvalue weighted by Crippen LogP contribution is -2.34. The largest absolute Gasteiger partial charge is 0.456 e. The predicted octanol–water partition coefficient (Wildman–Crippen LogP) is 18.4. The van der Waals surface area contributed by atoms with Crippen molar-refractivity contribution in [2.24, 2.45) is 5.73 Å². The standard InChI is InChI=1S/C19H21F3O4S2.C16H15F3O4S2.C15H25NO3S2.C11H17NO2S.C7H4ClF3O2S.CH4O.2ClH/c1-12(15-9-10-16(27-15)17(23)26-18(2,3)4)11-28(24,25)14-7-5-13(6-8-14)19(20,21)22;1-10(14-6-7-15(24-14)13(21)8-20)9-25(22,23)12-4-2-11(3-5-12)16(17,18)19;1-10(16-21(18)15(5,6)7)11-8-9-12(20-11)13(17)19-14(2,3)4;1-7(12)8-5-6-9(15-8)10(13)14-11(2,3)4;8-14(12,13)6-3-1-5(2-4-6)7(9,10)11;1-2;;/h5-10,12H,11H2,1-4H3;2-7,10,20H,8-9H2,1H3;8-10,16H,1-7H3;5-7H,12H2,1-4H3;1-4H;2H,1H3;2*1H/t12-;10-;10-,21+;7-;;;;/m0011..../s1. The highest BCUT2D eigenvalue weighted by Crippen LogP contribution is 2.36. The molecule has 0 aliphatic heterocycles. The van der Waals surface area contributed by atoms with Crippen LogP contribution in [0.15, 0.2) is 136 Å². The normalized spacial score (nSPS) is 13.6. The minimum Gasteiger partial charge on any atom is -0.456 e. The number of ether oxygens (including phenoxy) is 3. The van der Waals surface area contributed by atoms with Crippen LogP contribution in [0.3, 0.4) is 0 Å². The predicted molar refractivity (Wildman–Crippen MR) is 407 cm³/mol. The molecular weight excluding hydrogens is 1650 g/mol. The van der Waals surface area contributed by atoms with Crippen LogP contribution in [0, 0.1) is 0 Å². The van der Waals surface area contributed by atoms with E-state index in [1.165, 1.54) is 28.7 Å².